The number of hydrogen-bond acceptors (Lipinski definition) is 2. The maximum absolute atomic E-state index is 13.6. The molecule has 0 amide bonds. The molecule has 2 nitrogen and oxygen atoms in total. The molecule has 2 N–H and O–H groups in total. The Labute approximate surface area is 129 Å². The molecule has 4 heteroatoms. The molecule has 1 aromatic carbocycles. The van der Waals surface area contributed by atoms with Crippen molar-refractivity contribution in [3.8, 4) is 5.75 Å². The van der Waals surface area contributed by atoms with E-state index in [2.05, 4.69) is 15.9 Å². The number of nitrogens with two attached hydrogens (primary N) is 1. The molecule has 0 bridgehead atoms. The van der Waals surface area contributed by atoms with Gasteiger partial charge >= 0.3 is 0 Å². The topological polar surface area (TPSA) is 35.2 Å². The van der Waals surface area contributed by atoms with E-state index < -0.39 is 0 Å². The molecule has 1 aliphatic carbocycles. The van der Waals surface area contributed by atoms with Crippen LogP contribution in [0.4, 0.5) is 4.39 Å². The van der Waals surface area contributed by atoms with E-state index in [1.807, 2.05) is 0 Å². The Morgan fingerprint density at radius 3 is 2.40 bits per heavy atom. The molecule has 1 atom stereocenters. The zero-order valence-corrected chi connectivity index (χ0v) is 13.6. The molecule has 0 aromatic heterocycles. The molecule has 1 saturated carbocycles. The predicted molar refractivity (Wildman–Crippen MR) is 83.4 cm³/mol. The Kier molecular flexibility index (Phi) is 5.85. The highest BCUT2D eigenvalue weighted by atomic mass is 79.9. The van der Waals surface area contributed by atoms with Crippen LogP contribution in [0.2, 0.25) is 0 Å². The van der Waals surface area contributed by atoms with Gasteiger partial charge in [0.05, 0.1) is 11.6 Å². The monoisotopic (exact) mass is 343 g/mol. The zero-order valence-electron chi connectivity index (χ0n) is 12.0. The fourth-order valence-electron chi connectivity index (χ4n) is 3.08. The lowest BCUT2D eigenvalue weighted by molar-refractivity contribution is 0.318. The molecule has 0 aliphatic heterocycles. The third-order valence-corrected chi connectivity index (χ3v) is 4.90. The van der Waals surface area contributed by atoms with Crippen LogP contribution >= 0.6 is 15.9 Å². The van der Waals surface area contributed by atoms with Gasteiger partial charge in [-0.05, 0) is 40.8 Å². The second-order valence-corrected chi connectivity index (χ2v) is 6.49. The first-order valence-electron chi connectivity index (χ1n) is 7.42. The summed E-state index contributed by atoms with van der Waals surface area (Å²) in [6, 6.07) is 3.11. The smallest absolute Gasteiger partial charge is 0.141 e. The molecule has 1 aliphatic rings. The van der Waals surface area contributed by atoms with Crippen LogP contribution in [0.5, 0.6) is 5.75 Å². The summed E-state index contributed by atoms with van der Waals surface area (Å²) in [6.07, 6.45) is 8.72. The van der Waals surface area contributed by atoms with Gasteiger partial charge in [0.15, 0.2) is 0 Å². The third-order valence-electron chi connectivity index (χ3n) is 4.29. The SMILES string of the molecule is COc1cc(F)c(Br)cc1C(N)C1CCCCCCC1. The van der Waals surface area contributed by atoms with E-state index in [0.717, 1.165) is 18.4 Å². The van der Waals surface area contributed by atoms with E-state index in [0.29, 0.717) is 16.1 Å². The molecular weight excluding hydrogens is 321 g/mol. The van der Waals surface area contributed by atoms with Crippen LogP contribution in [-0.4, -0.2) is 7.11 Å². The normalized spacial score (nSPS) is 19.2. The lowest BCUT2D eigenvalue weighted by atomic mass is 9.83. The molecule has 0 saturated heterocycles. The molecule has 0 radical (unpaired) electrons. The largest absolute Gasteiger partial charge is 0.496 e. The van der Waals surface area contributed by atoms with Gasteiger partial charge in [0.25, 0.3) is 0 Å². The van der Waals surface area contributed by atoms with Gasteiger partial charge in [0.1, 0.15) is 11.6 Å². The minimum absolute atomic E-state index is 0.0834. The number of benzene rings is 1. The third kappa shape index (κ3) is 3.73. The van der Waals surface area contributed by atoms with Gasteiger partial charge in [0, 0.05) is 17.7 Å². The number of methoxy groups -OCH3 is 1. The highest BCUT2D eigenvalue weighted by Gasteiger charge is 2.24. The average molecular weight is 344 g/mol. The van der Waals surface area contributed by atoms with Crippen molar-refractivity contribution in [1.82, 2.24) is 0 Å². The Hall–Kier alpha value is -0.610. The van der Waals surface area contributed by atoms with E-state index in [1.165, 1.54) is 38.2 Å². The molecule has 1 unspecified atom stereocenters. The van der Waals surface area contributed by atoms with Gasteiger partial charge < -0.3 is 10.5 Å². The lowest BCUT2D eigenvalue weighted by Crippen LogP contribution is -2.23. The lowest BCUT2D eigenvalue weighted by Gasteiger charge is -2.27. The molecule has 0 spiro atoms. The van der Waals surface area contributed by atoms with E-state index in [1.54, 1.807) is 13.2 Å². The van der Waals surface area contributed by atoms with Crippen LogP contribution < -0.4 is 10.5 Å². The summed E-state index contributed by atoms with van der Waals surface area (Å²) >= 11 is 3.24. The molecule has 2 rings (SSSR count). The summed E-state index contributed by atoms with van der Waals surface area (Å²) < 4.78 is 19.4. The van der Waals surface area contributed by atoms with Crippen molar-refractivity contribution >= 4 is 15.9 Å². The van der Waals surface area contributed by atoms with Crippen molar-refractivity contribution in [3.63, 3.8) is 0 Å². The average Bonchev–Trinajstić information content (AvgIpc) is 2.40. The van der Waals surface area contributed by atoms with E-state index in [9.17, 15) is 4.39 Å². The van der Waals surface area contributed by atoms with Crippen molar-refractivity contribution < 1.29 is 9.13 Å². The minimum Gasteiger partial charge on any atom is -0.496 e. The Balaban J connectivity index is 2.22. The molecule has 20 heavy (non-hydrogen) atoms. The van der Waals surface area contributed by atoms with Crippen LogP contribution in [0.3, 0.4) is 0 Å². The second-order valence-electron chi connectivity index (χ2n) is 5.64. The summed E-state index contributed by atoms with van der Waals surface area (Å²) in [6.45, 7) is 0. The van der Waals surface area contributed by atoms with Crippen molar-refractivity contribution in [2.75, 3.05) is 7.11 Å². The number of hydrogen-bond donors (Lipinski definition) is 1. The predicted octanol–water partition coefficient (Wildman–Crippen LogP) is 4.96. The van der Waals surface area contributed by atoms with Gasteiger partial charge in [-0.15, -0.1) is 0 Å². The summed E-state index contributed by atoms with van der Waals surface area (Å²) in [5.74, 6) is 0.706. The fraction of sp³-hybridized carbons (Fsp3) is 0.625. The van der Waals surface area contributed by atoms with Crippen LogP contribution in [0.15, 0.2) is 16.6 Å². The molecule has 0 heterocycles. The minimum atomic E-state index is -0.310. The molecule has 112 valence electrons. The summed E-state index contributed by atoms with van der Waals surface area (Å²) in [4.78, 5) is 0. The van der Waals surface area contributed by atoms with E-state index in [4.69, 9.17) is 10.5 Å². The number of halogens is 2. The maximum atomic E-state index is 13.6. The molecular formula is C16H23BrFNO. The first-order chi connectivity index (χ1) is 9.63. The Bertz CT molecular complexity index is 444. The maximum Gasteiger partial charge on any atom is 0.141 e. The number of rotatable bonds is 3. The fourth-order valence-corrected chi connectivity index (χ4v) is 3.44. The Morgan fingerprint density at radius 1 is 1.20 bits per heavy atom. The molecule has 1 aromatic rings. The van der Waals surface area contributed by atoms with Gasteiger partial charge in [-0.25, -0.2) is 4.39 Å². The Morgan fingerprint density at radius 2 is 1.80 bits per heavy atom. The highest BCUT2D eigenvalue weighted by molar-refractivity contribution is 9.10. The standard InChI is InChI=1S/C16H23BrFNO/c1-20-15-10-14(18)13(17)9-12(15)16(19)11-7-5-3-2-4-6-8-11/h9-11,16H,2-8,19H2,1H3. The molecule has 1 fully saturated rings. The van der Waals surface area contributed by atoms with Crippen LogP contribution in [-0.2, 0) is 0 Å². The van der Waals surface area contributed by atoms with Gasteiger partial charge in [0.2, 0.25) is 0 Å². The van der Waals surface area contributed by atoms with Gasteiger partial charge in [-0.2, -0.15) is 0 Å². The summed E-state index contributed by atoms with van der Waals surface area (Å²) in [7, 11) is 1.57. The number of ether oxygens (including phenoxy) is 1. The summed E-state index contributed by atoms with van der Waals surface area (Å²) in [5, 5.41) is 0. The van der Waals surface area contributed by atoms with Crippen LogP contribution in [0, 0.1) is 11.7 Å². The first-order valence-corrected chi connectivity index (χ1v) is 8.21. The van der Waals surface area contributed by atoms with Crippen LogP contribution in [0.1, 0.15) is 56.6 Å². The van der Waals surface area contributed by atoms with Crippen molar-refractivity contribution in [1.29, 1.82) is 0 Å². The van der Waals surface area contributed by atoms with Crippen molar-refractivity contribution in [2.45, 2.75) is 51.0 Å². The second kappa shape index (κ2) is 7.41. The first kappa shape index (κ1) is 15.8. The quantitative estimate of drug-likeness (QED) is 0.841. The zero-order chi connectivity index (χ0) is 14.5. The highest BCUT2D eigenvalue weighted by Crippen LogP contribution is 2.37. The van der Waals surface area contributed by atoms with Gasteiger partial charge in [-0.1, -0.05) is 32.1 Å². The van der Waals surface area contributed by atoms with E-state index >= 15 is 0 Å². The van der Waals surface area contributed by atoms with E-state index in [-0.39, 0.29) is 11.9 Å². The summed E-state index contributed by atoms with van der Waals surface area (Å²) in [5.41, 5.74) is 7.37. The van der Waals surface area contributed by atoms with Crippen molar-refractivity contribution in [2.24, 2.45) is 11.7 Å². The van der Waals surface area contributed by atoms with Crippen molar-refractivity contribution in [3.05, 3.63) is 28.0 Å². The van der Waals surface area contributed by atoms with Crippen LogP contribution in [0.25, 0.3) is 0 Å². The van der Waals surface area contributed by atoms with Gasteiger partial charge in [-0.3, -0.25) is 0 Å².